The highest BCUT2D eigenvalue weighted by Gasteiger charge is 1.99. The van der Waals surface area contributed by atoms with E-state index >= 15 is 0 Å². The maximum Gasteiger partial charge on any atom is 0.0853 e. The summed E-state index contributed by atoms with van der Waals surface area (Å²) in [5, 5.41) is 17.6. The van der Waals surface area contributed by atoms with E-state index in [0.717, 1.165) is 4.90 Å². The number of pyridine rings is 1. The Morgan fingerprint density at radius 1 is 1.25 bits per heavy atom. The average Bonchev–Trinajstić information content (AvgIpc) is 2.16. The van der Waals surface area contributed by atoms with Crippen molar-refractivity contribution in [2.75, 3.05) is 6.26 Å². The van der Waals surface area contributed by atoms with Crippen LogP contribution in [0.4, 0.5) is 0 Å². The van der Waals surface area contributed by atoms with E-state index in [0.29, 0.717) is 11.4 Å². The Morgan fingerprint density at radius 3 is 2.08 bits per heavy atom. The lowest BCUT2D eigenvalue weighted by molar-refractivity contribution is 0.265. The van der Waals surface area contributed by atoms with Gasteiger partial charge in [-0.05, 0) is 18.4 Å². The second-order valence-corrected chi connectivity index (χ2v) is 3.19. The van der Waals surface area contributed by atoms with Crippen LogP contribution < -0.4 is 0 Å². The minimum Gasteiger partial charge on any atom is -0.390 e. The third-order valence-electron chi connectivity index (χ3n) is 1.46. The van der Waals surface area contributed by atoms with Crippen molar-refractivity contribution >= 4 is 11.8 Å². The van der Waals surface area contributed by atoms with Gasteiger partial charge in [-0.2, -0.15) is 0 Å². The predicted molar refractivity (Wildman–Crippen MR) is 47.9 cm³/mol. The molecule has 0 amide bonds. The summed E-state index contributed by atoms with van der Waals surface area (Å²) in [6, 6.07) is 3.62. The summed E-state index contributed by atoms with van der Waals surface area (Å²) in [4.78, 5) is 5.02. The summed E-state index contributed by atoms with van der Waals surface area (Å²) in [6.07, 6.45) is 1.94. The SMILES string of the molecule is CSc1cc(CO)nc(CO)c1. The van der Waals surface area contributed by atoms with Gasteiger partial charge < -0.3 is 10.2 Å². The number of hydrogen-bond acceptors (Lipinski definition) is 4. The molecule has 0 saturated carbocycles. The standard InChI is InChI=1S/C8H11NO2S/c1-12-8-2-6(4-10)9-7(3-8)5-11/h2-3,10-11H,4-5H2,1H3. The van der Waals surface area contributed by atoms with Crippen LogP contribution in [0.15, 0.2) is 17.0 Å². The first kappa shape index (κ1) is 9.51. The molecule has 0 bridgehead atoms. The number of hydrogen-bond donors (Lipinski definition) is 2. The van der Waals surface area contributed by atoms with Crippen LogP contribution in [0.25, 0.3) is 0 Å². The van der Waals surface area contributed by atoms with Crippen LogP contribution in [0.5, 0.6) is 0 Å². The number of aromatic nitrogens is 1. The number of rotatable bonds is 3. The van der Waals surface area contributed by atoms with Crippen molar-refractivity contribution in [3.63, 3.8) is 0 Å². The highest BCUT2D eigenvalue weighted by atomic mass is 32.2. The predicted octanol–water partition coefficient (Wildman–Crippen LogP) is 0.788. The molecule has 0 unspecified atom stereocenters. The summed E-state index contributed by atoms with van der Waals surface area (Å²) in [5.74, 6) is 0. The van der Waals surface area contributed by atoms with Gasteiger partial charge >= 0.3 is 0 Å². The van der Waals surface area contributed by atoms with Gasteiger partial charge in [-0.15, -0.1) is 11.8 Å². The molecule has 66 valence electrons. The maximum absolute atomic E-state index is 8.82. The monoisotopic (exact) mass is 185 g/mol. The fourth-order valence-electron chi connectivity index (χ4n) is 0.899. The van der Waals surface area contributed by atoms with Crippen LogP contribution in [0, 0.1) is 0 Å². The molecule has 0 saturated heterocycles. The lowest BCUT2D eigenvalue weighted by Gasteiger charge is -2.02. The summed E-state index contributed by atoms with van der Waals surface area (Å²) in [6.45, 7) is -0.164. The second-order valence-electron chi connectivity index (χ2n) is 2.31. The number of aliphatic hydroxyl groups excluding tert-OH is 2. The van der Waals surface area contributed by atoms with Crippen LogP contribution >= 0.6 is 11.8 Å². The minimum absolute atomic E-state index is 0.0819. The van der Waals surface area contributed by atoms with Crippen LogP contribution in [-0.2, 0) is 13.2 Å². The Morgan fingerprint density at radius 2 is 1.75 bits per heavy atom. The van der Waals surface area contributed by atoms with Gasteiger partial charge in [0.2, 0.25) is 0 Å². The maximum atomic E-state index is 8.82. The fourth-order valence-corrected chi connectivity index (χ4v) is 1.41. The highest BCUT2D eigenvalue weighted by molar-refractivity contribution is 7.98. The molecule has 12 heavy (non-hydrogen) atoms. The Kier molecular flexibility index (Phi) is 3.52. The van der Waals surface area contributed by atoms with Crippen molar-refractivity contribution in [3.8, 4) is 0 Å². The third-order valence-corrected chi connectivity index (χ3v) is 2.17. The zero-order chi connectivity index (χ0) is 8.97. The van der Waals surface area contributed by atoms with E-state index in [1.54, 1.807) is 11.8 Å². The van der Waals surface area contributed by atoms with Crippen LogP contribution in [0.1, 0.15) is 11.4 Å². The molecule has 1 aromatic rings. The van der Waals surface area contributed by atoms with Gasteiger partial charge in [0.25, 0.3) is 0 Å². The van der Waals surface area contributed by atoms with Crippen LogP contribution in [0.2, 0.25) is 0 Å². The summed E-state index contributed by atoms with van der Waals surface area (Å²) in [5.41, 5.74) is 1.21. The summed E-state index contributed by atoms with van der Waals surface area (Å²) >= 11 is 1.57. The van der Waals surface area contributed by atoms with Crippen molar-refractivity contribution in [1.29, 1.82) is 0 Å². The molecule has 4 heteroatoms. The van der Waals surface area contributed by atoms with E-state index in [1.807, 2.05) is 18.4 Å². The van der Waals surface area contributed by atoms with Gasteiger partial charge in [0.1, 0.15) is 0 Å². The van der Waals surface area contributed by atoms with Gasteiger partial charge in [-0.25, -0.2) is 0 Å². The molecule has 1 rings (SSSR count). The quantitative estimate of drug-likeness (QED) is 0.683. The van der Waals surface area contributed by atoms with Crippen molar-refractivity contribution in [2.45, 2.75) is 18.1 Å². The Labute approximate surface area is 75.5 Å². The molecule has 0 fully saturated rings. The molecule has 1 aromatic heterocycles. The van der Waals surface area contributed by atoms with E-state index in [1.165, 1.54) is 0 Å². The molecule has 2 N–H and O–H groups in total. The number of nitrogens with zero attached hydrogens (tertiary/aromatic N) is 1. The summed E-state index contributed by atoms with van der Waals surface area (Å²) in [7, 11) is 0. The Balaban J connectivity index is 3.01. The molecule has 0 atom stereocenters. The average molecular weight is 185 g/mol. The minimum atomic E-state index is -0.0819. The van der Waals surface area contributed by atoms with Crippen LogP contribution in [-0.4, -0.2) is 21.5 Å². The molecular formula is C8H11NO2S. The van der Waals surface area contributed by atoms with E-state index in [4.69, 9.17) is 10.2 Å². The van der Waals surface area contributed by atoms with E-state index in [2.05, 4.69) is 4.98 Å². The molecule has 0 aliphatic rings. The van der Waals surface area contributed by atoms with E-state index < -0.39 is 0 Å². The van der Waals surface area contributed by atoms with E-state index in [-0.39, 0.29) is 13.2 Å². The van der Waals surface area contributed by atoms with Gasteiger partial charge in [0.15, 0.2) is 0 Å². The van der Waals surface area contributed by atoms with Gasteiger partial charge in [-0.1, -0.05) is 0 Å². The van der Waals surface area contributed by atoms with Gasteiger partial charge in [0, 0.05) is 4.90 Å². The molecule has 0 aliphatic carbocycles. The first-order valence-corrected chi connectivity index (χ1v) is 4.78. The molecule has 1 heterocycles. The van der Waals surface area contributed by atoms with E-state index in [9.17, 15) is 0 Å². The van der Waals surface area contributed by atoms with Crippen molar-refractivity contribution in [1.82, 2.24) is 4.98 Å². The molecule has 0 aliphatic heterocycles. The highest BCUT2D eigenvalue weighted by Crippen LogP contribution is 2.16. The largest absolute Gasteiger partial charge is 0.390 e. The zero-order valence-corrected chi connectivity index (χ0v) is 7.64. The normalized spacial score (nSPS) is 10.2. The fraction of sp³-hybridized carbons (Fsp3) is 0.375. The lowest BCUT2D eigenvalue weighted by atomic mass is 10.3. The second kappa shape index (κ2) is 4.45. The van der Waals surface area contributed by atoms with Crippen molar-refractivity contribution < 1.29 is 10.2 Å². The summed E-state index contributed by atoms with van der Waals surface area (Å²) < 4.78 is 0. The Hall–Kier alpha value is -0.580. The molecular weight excluding hydrogens is 174 g/mol. The lowest BCUT2D eigenvalue weighted by Crippen LogP contribution is -1.96. The Bertz CT molecular complexity index is 210. The van der Waals surface area contributed by atoms with Gasteiger partial charge in [0.05, 0.1) is 24.6 Å². The molecule has 0 spiro atoms. The first-order valence-electron chi connectivity index (χ1n) is 3.55. The molecule has 0 aromatic carbocycles. The smallest absolute Gasteiger partial charge is 0.0853 e. The van der Waals surface area contributed by atoms with Crippen molar-refractivity contribution in [2.24, 2.45) is 0 Å². The number of aliphatic hydroxyl groups is 2. The van der Waals surface area contributed by atoms with Crippen molar-refractivity contribution in [3.05, 3.63) is 23.5 Å². The number of thioether (sulfide) groups is 1. The van der Waals surface area contributed by atoms with Gasteiger partial charge in [-0.3, -0.25) is 4.98 Å². The van der Waals surface area contributed by atoms with Crippen LogP contribution in [0.3, 0.4) is 0 Å². The zero-order valence-electron chi connectivity index (χ0n) is 6.82. The molecule has 0 radical (unpaired) electrons. The topological polar surface area (TPSA) is 53.4 Å². The first-order chi connectivity index (χ1) is 5.80. The molecule has 3 nitrogen and oxygen atoms in total. The third kappa shape index (κ3) is 2.20.